The minimum Gasteiger partial charge on any atom is -0.312 e. The minimum absolute atomic E-state index is 0.187. The average Bonchev–Trinajstić information content (AvgIpc) is 2.89. The second kappa shape index (κ2) is 6.07. The van der Waals surface area contributed by atoms with E-state index in [9.17, 15) is 9.18 Å². The summed E-state index contributed by atoms with van der Waals surface area (Å²) in [7, 11) is 0. The number of benzene rings is 2. The van der Waals surface area contributed by atoms with E-state index in [1.165, 1.54) is 23.5 Å². The highest BCUT2D eigenvalue weighted by atomic mass is 32.1. The molecule has 1 aromatic heterocycles. The number of hydrogen-bond acceptors (Lipinski definition) is 3. The van der Waals surface area contributed by atoms with E-state index in [1.807, 2.05) is 25.1 Å². The number of aryl methyl sites for hydroxylation is 1. The Morgan fingerprint density at radius 1 is 1.09 bits per heavy atom. The molecule has 2 aromatic carbocycles. The van der Waals surface area contributed by atoms with Crippen molar-refractivity contribution < 1.29 is 9.18 Å². The first-order valence-electron chi connectivity index (χ1n) is 6.73. The van der Waals surface area contributed by atoms with Crippen molar-refractivity contribution in [3.8, 4) is 11.3 Å². The van der Waals surface area contributed by atoms with Crippen molar-refractivity contribution in [2.75, 3.05) is 5.32 Å². The molecule has 1 heterocycles. The summed E-state index contributed by atoms with van der Waals surface area (Å²) in [6.07, 6.45) is 0. The fourth-order valence-electron chi connectivity index (χ4n) is 2.08. The summed E-state index contributed by atoms with van der Waals surface area (Å²) in [4.78, 5) is 16.7. The van der Waals surface area contributed by atoms with Crippen molar-refractivity contribution >= 4 is 22.2 Å². The smallest absolute Gasteiger partial charge is 0.256 e. The summed E-state index contributed by atoms with van der Waals surface area (Å²) in [6, 6.07) is 15.1. The summed E-state index contributed by atoms with van der Waals surface area (Å²) in [5.74, 6) is -0.488. The van der Waals surface area contributed by atoms with Gasteiger partial charge in [0.15, 0.2) is 0 Å². The third-order valence-corrected chi connectivity index (χ3v) is 4.00. The molecule has 5 heteroatoms. The van der Waals surface area contributed by atoms with Crippen molar-refractivity contribution in [3.05, 3.63) is 71.0 Å². The summed E-state index contributed by atoms with van der Waals surface area (Å²) >= 11 is 1.40. The van der Waals surface area contributed by atoms with Crippen molar-refractivity contribution in [1.29, 1.82) is 0 Å². The molecule has 0 aliphatic heterocycles. The van der Waals surface area contributed by atoms with E-state index in [4.69, 9.17) is 0 Å². The van der Waals surface area contributed by atoms with Crippen LogP contribution in [-0.2, 0) is 0 Å². The highest BCUT2D eigenvalue weighted by molar-refractivity contribution is 7.16. The molecule has 0 bridgehead atoms. The molecular weight excluding hydrogens is 299 g/mol. The van der Waals surface area contributed by atoms with Crippen LogP contribution < -0.4 is 5.32 Å². The van der Waals surface area contributed by atoms with E-state index in [0.717, 1.165) is 10.6 Å². The van der Waals surface area contributed by atoms with Crippen molar-refractivity contribution in [2.24, 2.45) is 0 Å². The molecule has 0 aliphatic rings. The largest absolute Gasteiger partial charge is 0.312 e. The molecule has 0 radical (unpaired) electrons. The number of nitrogens with zero attached hydrogens (tertiary/aromatic N) is 1. The van der Waals surface area contributed by atoms with E-state index >= 15 is 0 Å². The molecule has 1 amide bonds. The number of rotatable bonds is 3. The van der Waals surface area contributed by atoms with Gasteiger partial charge in [-0.15, -0.1) is 11.3 Å². The first-order valence-corrected chi connectivity index (χ1v) is 7.55. The molecule has 110 valence electrons. The van der Waals surface area contributed by atoms with E-state index in [0.29, 0.717) is 16.3 Å². The van der Waals surface area contributed by atoms with Gasteiger partial charge in [-0.2, -0.15) is 0 Å². The molecule has 0 unspecified atom stereocenters. The van der Waals surface area contributed by atoms with Gasteiger partial charge in [-0.1, -0.05) is 18.2 Å². The normalized spacial score (nSPS) is 10.5. The molecule has 0 fully saturated rings. The lowest BCUT2D eigenvalue weighted by atomic mass is 10.1. The molecule has 0 saturated carbocycles. The Bertz CT molecular complexity index is 797. The zero-order chi connectivity index (χ0) is 15.5. The lowest BCUT2D eigenvalue weighted by molar-refractivity contribution is 0.102. The van der Waals surface area contributed by atoms with Crippen molar-refractivity contribution in [1.82, 2.24) is 4.98 Å². The Morgan fingerprint density at radius 3 is 2.45 bits per heavy atom. The fraction of sp³-hybridized carbons (Fsp3) is 0.0588. The van der Waals surface area contributed by atoms with Crippen LogP contribution in [0, 0.1) is 12.7 Å². The molecule has 3 rings (SSSR count). The lowest BCUT2D eigenvalue weighted by Crippen LogP contribution is -2.11. The quantitative estimate of drug-likeness (QED) is 0.773. The van der Waals surface area contributed by atoms with Gasteiger partial charge in [-0.3, -0.25) is 4.79 Å². The van der Waals surface area contributed by atoms with Crippen LogP contribution in [-0.4, -0.2) is 10.9 Å². The van der Waals surface area contributed by atoms with E-state index < -0.39 is 0 Å². The molecule has 0 aliphatic carbocycles. The maximum absolute atomic E-state index is 13.1. The Hall–Kier alpha value is -2.53. The van der Waals surface area contributed by atoms with E-state index in [1.54, 1.807) is 24.3 Å². The molecule has 3 aromatic rings. The van der Waals surface area contributed by atoms with E-state index in [-0.39, 0.29) is 11.7 Å². The number of nitrogens with one attached hydrogen (secondary N) is 1. The Morgan fingerprint density at radius 2 is 1.77 bits per heavy atom. The van der Waals surface area contributed by atoms with Crippen molar-refractivity contribution in [2.45, 2.75) is 6.92 Å². The highest BCUT2D eigenvalue weighted by Crippen LogP contribution is 2.33. The molecular formula is C17H13FN2OS. The van der Waals surface area contributed by atoms with Gasteiger partial charge in [-0.05, 0) is 43.3 Å². The van der Waals surface area contributed by atoms with Gasteiger partial charge in [-0.25, -0.2) is 9.37 Å². The maximum atomic E-state index is 13.1. The number of halogens is 1. The average molecular weight is 312 g/mol. The maximum Gasteiger partial charge on any atom is 0.256 e. The number of carbonyl (C=O) groups excluding carboxylic acids is 1. The molecule has 3 nitrogen and oxygen atoms in total. The first kappa shape index (κ1) is 14.4. The number of amides is 1. The Labute approximate surface area is 131 Å². The van der Waals surface area contributed by atoms with Gasteiger partial charge in [0.1, 0.15) is 16.5 Å². The van der Waals surface area contributed by atoms with Gasteiger partial charge < -0.3 is 5.32 Å². The third kappa shape index (κ3) is 3.04. The van der Waals surface area contributed by atoms with Gasteiger partial charge >= 0.3 is 0 Å². The summed E-state index contributed by atoms with van der Waals surface area (Å²) in [5, 5.41) is 4.38. The second-order valence-corrected chi connectivity index (χ2v) is 5.94. The SMILES string of the molecule is Cc1nc(-c2ccc(F)cc2)c(NC(=O)c2ccccc2)s1. The van der Waals surface area contributed by atoms with Crippen LogP contribution >= 0.6 is 11.3 Å². The molecule has 1 N–H and O–H groups in total. The highest BCUT2D eigenvalue weighted by Gasteiger charge is 2.15. The van der Waals surface area contributed by atoms with Crippen molar-refractivity contribution in [3.63, 3.8) is 0 Å². The number of anilines is 1. The monoisotopic (exact) mass is 312 g/mol. The topological polar surface area (TPSA) is 42.0 Å². The lowest BCUT2D eigenvalue weighted by Gasteiger charge is -2.05. The number of aromatic nitrogens is 1. The Balaban J connectivity index is 1.92. The zero-order valence-electron chi connectivity index (χ0n) is 11.8. The van der Waals surface area contributed by atoms with Crippen LogP contribution in [0.25, 0.3) is 11.3 Å². The van der Waals surface area contributed by atoms with Crippen LogP contribution in [0.5, 0.6) is 0 Å². The predicted molar refractivity (Wildman–Crippen MR) is 86.6 cm³/mol. The van der Waals surface area contributed by atoms with Crippen LogP contribution in [0.3, 0.4) is 0 Å². The van der Waals surface area contributed by atoms with Gasteiger partial charge in [0.25, 0.3) is 5.91 Å². The second-order valence-electron chi connectivity index (χ2n) is 4.74. The number of carbonyl (C=O) groups is 1. The van der Waals surface area contributed by atoms with Crippen LogP contribution in [0.15, 0.2) is 54.6 Å². The molecule has 0 saturated heterocycles. The van der Waals surface area contributed by atoms with Crippen LogP contribution in [0.4, 0.5) is 9.39 Å². The third-order valence-electron chi connectivity index (χ3n) is 3.11. The molecule has 0 atom stereocenters. The zero-order valence-corrected chi connectivity index (χ0v) is 12.7. The van der Waals surface area contributed by atoms with Crippen LogP contribution in [0.2, 0.25) is 0 Å². The van der Waals surface area contributed by atoms with Gasteiger partial charge in [0, 0.05) is 11.1 Å². The standard InChI is InChI=1S/C17H13FN2OS/c1-11-19-15(12-7-9-14(18)10-8-12)17(22-11)20-16(21)13-5-3-2-4-6-13/h2-10H,1H3,(H,20,21). The predicted octanol–water partition coefficient (Wildman–Crippen LogP) is 4.51. The minimum atomic E-state index is -0.300. The summed E-state index contributed by atoms with van der Waals surface area (Å²) in [5.41, 5.74) is 2.01. The fourth-order valence-corrected chi connectivity index (χ4v) is 2.92. The number of hydrogen-bond donors (Lipinski definition) is 1. The Kier molecular flexibility index (Phi) is 3.98. The van der Waals surface area contributed by atoms with Gasteiger partial charge in [0.05, 0.1) is 5.01 Å². The van der Waals surface area contributed by atoms with E-state index in [2.05, 4.69) is 10.3 Å². The summed E-state index contributed by atoms with van der Waals surface area (Å²) in [6.45, 7) is 1.87. The number of thiazole rings is 1. The molecule has 0 spiro atoms. The van der Waals surface area contributed by atoms with Gasteiger partial charge in [0.2, 0.25) is 0 Å². The summed E-state index contributed by atoms with van der Waals surface area (Å²) < 4.78 is 13.1. The first-order chi connectivity index (χ1) is 10.6. The van der Waals surface area contributed by atoms with Crippen LogP contribution in [0.1, 0.15) is 15.4 Å². The molecule has 22 heavy (non-hydrogen) atoms.